The lowest BCUT2D eigenvalue weighted by Crippen LogP contribution is -2.45. The van der Waals surface area contributed by atoms with Gasteiger partial charge in [-0.15, -0.1) is 23.7 Å². The van der Waals surface area contributed by atoms with E-state index in [0.29, 0.717) is 4.21 Å². The van der Waals surface area contributed by atoms with Gasteiger partial charge >= 0.3 is 0 Å². The van der Waals surface area contributed by atoms with E-state index in [4.69, 9.17) is 0 Å². The Morgan fingerprint density at radius 1 is 1.47 bits per heavy atom. The number of sulfonamides is 1. The van der Waals surface area contributed by atoms with E-state index < -0.39 is 10.0 Å². The molecule has 2 rings (SSSR count). The third kappa shape index (κ3) is 3.93. The maximum Gasteiger partial charge on any atom is 0.250 e. The van der Waals surface area contributed by atoms with Crippen molar-refractivity contribution in [3.05, 3.63) is 17.0 Å². The molecule has 1 aliphatic rings. The summed E-state index contributed by atoms with van der Waals surface area (Å²) in [5, 5.41) is 3.19. The summed E-state index contributed by atoms with van der Waals surface area (Å²) in [6, 6.07) is 3.53. The molecule has 0 radical (unpaired) electrons. The molecule has 0 saturated carbocycles. The van der Waals surface area contributed by atoms with Crippen molar-refractivity contribution in [1.29, 1.82) is 0 Å². The molecule has 1 fully saturated rings. The van der Waals surface area contributed by atoms with Gasteiger partial charge in [0.2, 0.25) is 10.0 Å². The number of hydrogen-bond donors (Lipinski definition) is 2. The van der Waals surface area contributed by atoms with Crippen LogP contribution in [0, 0.1) is 6.92 Å². The van der Waals surface area contributed by atoms with E-state index in [1.807, 2.05) is 13.0 Å². The van der Waals surface area contributed by atoms with E-state index in [2.05, 4.69) is 10.0 Å². The summed E-state index contributed by atoms with van der Waals surface area (Å²) in [7, 11) is -3.31. The van der Waals surface area contributed by atoms with E-state index in [0.717, 1.165) is 30.8 Å². The molecule has 4 nitrogen and oxygen atoms in total. The van der Waals surface area contributed by atoms with Gasteiger partial charge in [0, 0.05) is 17.5 Å². The van der Waals surface area contributed by atoms with Crippen LogP contribution in [0.1, 0.15) is 17.7 Å². The summed E-state index contributed by atoms with van der Waals surface area (Å²) in [5.41, 5.74) is 0. The normalized spacial score (nSPS) is 20.9. The van der Waals surface area contributed by atoms with Crippen LogP contribution in [0.5, 0.6) is 0 Å². The molecule has 0 spiro atoms. The van der Waals surface area contributed by atoms with Crippen molar-refractivity contribution in [3.8, 4) is 0 Å². The zero-order valence-electron chi connectivity index (χ0n) is 9.60. The van der Waals surface area contributed by atoms with E-state index in [9.17, 15) is 8.42 Å². The highest BCUT2D eigenvalue weighted by atomic mass is 35.5. The Morgan fingerprint density at radius 3 is 2.76 bits per heavy atom. The number of hydrogen-bond acceptors (Lipinski definition) is 4. The highest BCUT2D eigenvalue weighted by Gasteiger charge is 2.22. The van der Waals surface area contributed by atoms with Crippen LogP contribution >= 0.6 is 23.7 Å². The third-order valence-electron chi connectivity index (χ3n) is 2.60. The molecule has 1 aromatic heterocycles. The Bertz CT molecular complexity index is 453. The summed E-state index contributed by atoms with van der Waals surface area (Å²) in [6.45, 7) is 3.62. The van der Waals surface area contributed by atoms with E-state index in [1.165, 1.54) is 11.3 Å². The van der Waals surface area contributed by atoms with Crippen LogP contribution in [-0.2, 0) is 10.0 Å². The number of aryl methyl sites for hydroxylation is 1. The summed E-state index contributed by atoms with van der Waals surface area (Å²) in [5.74, 6) is 0. The van der Waals surface area contributed by atoms with Gasteiger partial charge in [-0.2, -0.15) is 0 Å². The van der Waals surface area contributed by atoms with E-state index >= 15 is 0 Å². The molecule has 17 heavy (non-hydrogen) atoms. The fraction of sp³-hybridized carbons (Fsp3) is 0.600. The molecule has 7 heteroatoms. The highest BCUT2D eigenvalue weighted by molar-refractivity contribution is 7.91. The monoisotopic (exact) mass is 296 g/mol. The van der Waals surface area contributed by atoms with Gasteiger partial charge in [0.05, 0.1) is 0 Å². The first-order valence-corrected chi connectivity index (χ1v) is 7.67. The maximum atomic E-state index is 12.0. The van der Waals surface area contributed by atoms with E-state index in [-0.39, 0.29) is 18.4 Å². The van der Waals surface area contributed by atoms with Crippen LogP contribution in [0.25, 0.3) is 0 Å². The lowest BCUT2D eigenvalue weighted by molar-refractivity contribution is 0.429. The van der Waals surface area contributed by atoms with Gasteiger partial charge < -0.3 is 5.32 Å². The molecule has 2 N–H and O–H groups in total. The number of nitrogens with one attached hydrogen (secondary N) is 2. The minimum Gasteiger partial charge on any atom is -0.315 e. The molecule has 1 saturated heterocycles. The Kier molecular flexibility index (Phi) is 5.40. The number of rotatable bonds is 3. The highest BCUT2D eigenvalue weighted by Crippen LogP contribution is 2.21. The first-order chi connectivity index (χ1) is 7.58. The number of thiophene rings is 1. The zero-order valence-corrected chi connectivity index (χ0v) is 12.1. The minimum atomic E-state index is -3.31. The smallest absolute Gasteiger partial charge is 0.250 e. The largest absolute Gasteiger partial charge is 0.315 e. The van der Waals surface area contributed by atoms with Gasteiger partial charge in [0.1, 0.15) is 4.21 Å². The number of halogens is 1. The van der Waals surface area contributed by atoms with Crippen LogP contribution in [0.3, 0.4) is 0 Å². The molecule has 0 aliphatic carbocycles. The fourth-order valence-electron chi connectivity index (χ4n) is 1.79. The Morgan fingerprint density at radius 2 is 2.24 bits per heavy atom. The first kappa shape index (κ1) is 14.9. The lowest BCUT2D eigenvalue weighted by atomic mass is 10.1. The van der Waals surface area contributed by atoms with Crippen molar-refractivity contribution in [2.75, 3.05) is 13.1 Å². The van der Waals surface area contributed by atoms with Gasteiger partial charge in [-0.05, 0) is 38.4 Å². The van der Waals surface area contributed by atoms with Crippen LogP contribution in [-0.4, -0.2) is 27.5 Å². The molecule has 0 unspecified atom stereocenters. The molecule has 0 amide bonds. The Balaban J connectivity index is 0.00000144. The van der Waals surface area contributed by atoms with Crippen molar-refractivity contribution in [3.63, 3.8) is 0 Å². The molecule has 2 heterocycles. The molecule has 98 valence electrons. The molecule has 1 atom stereocenters. The second kappa shape index (κ2) is 6.15. The van der Waals surface area contributed by atoms with Crippen molar-refractivity contribution < 1.29 is 8.42 Å². The second-order valence-electron chi connectivity index (χ2n) is 4.03. The topological polar surface area (TPSA) is 58.2 Å². The zero-order chi connectivity index (χ0) is 11.6. The van der Waals surface area contributed by atoms with Crippen LogP contribution < -0.4 is 10.0 Å². The molecule has 0 aromatic carbocycles. The average Bonchev–Trinajstić information content (AvgIpc) is 2.66. The predicted molar refractivity (Wildman–Crippen MR) is 72.5 cm³/mol. The Hall–Kier alpha value is -0.140. The van der Waals surface area contributed by atoms with Gasteiger partial charge in [-0.3, -0.25) is 0 Å². The van der Waals surface area contributed by atoms with Crippen molar-refractivity contribution in [2.24, 2.45) is 0 Å². The quantitative estimate of drug-likeness (QED) is 0.889. The average molecular weight is 297 g/mol. The Labute approximate surface area is 112 Å². The van der Waals surface area contributed by atoms with Crippen LogP contribution in [0.15, 0.2) is 16.3 Å². The van der Waals surface area contributed by atoms with Gasteiger partial charge in [-0.25, -0.2) is 13.1 Å². The van der Waals surface area contributed by atoms with Gasteiger partial charge in [0.25, 0.3) is 0 Å². The molecule has 1 aromatic rings. The molecule has 0 bridgehead atoms. The second-order valence-corrected chi connectivity index (χ2v) is 7.26. The van der Waals surface area contributed by atoms with Crippen LogP contribution in [0.2, 0.25) is 0 Å². The standard InChI is InChI=1S/C10H16N2O2S2.ClH/c1-8-4-5-10(15-8)16(13,14)12-9-3-2-6-11-7-9;/h4-5,9,11-12H,2-3,6-7H2,1H3;1H/t9-;/m0./s1. The first-order valence-electron chi connectivity index (χ1n) is 5.37. The molecular formula is C10H17ClN2O2S2. The van der Waals surface area contributed by atoms with Crippen molar-refractivity contribution >= 4 is 33.8 Å². The predicted octanol–water partition coefficient (Wildman–Crippen LogP) is 1.51. The third-order valence-corrected chi connectivity index (χ3v) is 5.61. The van der Waals surface area contributed by atoms with E-state index in [1.54, 1.807) is 6.07 Å². The SMILES string of the molecule is Cc1ccc(S(=O)(=O)N[C@H]2CCCNC2)s1.Cl. The van der Waals surface area contributed by atoms with Crippen molar-refractivity contribution in [1.82, 2.24) is 10.0 Å². The van der Waals surface area contributed by atoms with Gasteiger partial charge in [0.15, 0.2) is 0 Å². The lowest BCUT2D eigenvalue weighted by Gasteiger charge is -2.23. The fourth-order valence-corrected chi connectivity index (χ4v) is 4.36. The summed E-state index contributed by atoms with van der Waals surface area (Å²) < 4.78 is 27.1. The number of piperidine rings is 1. The summed E-state index contributed by atoms with van der Waals surface area (Å²) in [6.07, 6.45) is 1.94. The summed E-state index contributed by atoms with van der Waals surface area (Å²) in [4.78, 5) is 1.02. The van der Waals surface area contributed by atoms with Crippen LogP contribution in [0.4, 0.5) is 0 Å². The molecule has 1 aliphatic heterocycles. The minimum absolute atomic E-state index is 0. The molecular weight excluding hydrogens is 280 g/mol. The summed E-state index contributed by atoms with van der Waals surface area (Å²) >= 11 is 1.31. The van der Waals surface area contributed by atoms with Gasteiger partial charge in [-0.1, -0.05) is 0 Å². The van der Waals surface area contributed by atoms with Crippen molar-refractivity contribution in [2.45, 2.75) is 30.0 Å². The maximum absolute atomic E-state index is 12.0.